The molecular weight excluding hydrogens is 286 g/mol. The highest BCUT2D eigenvalue weighted by atomic mass is 32.2. The van der Waals surface area contributed by atoms with Crippen molar-refractivity contribution in [3.63, 3.8) is 0 Å². The summed E-state index contributed by atoms with van der Waals surface area (Å²) in [6, 6.07) is 6.60. The molecule has 0 aliphatic carbocycles. The Morgan fingerprint density at radius 3 is 2.65 bits per heavy atom. The average molecular weight is 307 g/mol. The van der Waals surface area contributed by atoms with Gasteiger partial charge in [0, 0.05) is 11.4 Å². The van der Waals surface area contributed by atoms with Crippen LogP contribution in [0.3, 0.4) is 0 Å². The van der Waals surface area contributed by atoms with E-state index in [0.717, 1.165) is 22.4 Å². The van der Waals surface area contributed by atoms with Gasteiger partial charge in [-0.25, -0.2) is 0 Å². The molecule has 0 bridgehead atoms. The molecule has 1 N–H and O–H groups in total. The molecule has 0 spiro atoms. The lowest BCUT2D eigenvalue weighted by Crippen LogP contribution is -2.19. The van der Waals surface area contributed by atoms with Crippen molar-refractivity contribution in [3.05, 3.63) is 34.3 Å². The predicted octanol–water partition coefficient (Wildman–Crippen LogP) is 4.05. The van der Waals surface area contributed by atoms with Crippen LogP contribution >= 0.6 is 23.1 Å². The summed E-state index contributed by atoms with van der Waals surface area (Å²) in [5.41, 5.74) is 2.69. The molecule has 1 heterocycles. The molecule has 0 atom stereocenters. The minimum Gasteiger partial charge on any atom is -0.312 e. The van der Waals surface area contributed by atoms with Gasteiger partial charge < -0.3 is 5.32 Å². The van der Waals surface area contributed by atoms with E-state index in [4.69, 9.17) is 0 Å². The maximum Gasteiger partial charge on any atom is 0.179 e. The molecule has 0 amide bonds. The van der Waals surface area contributed by atoms with E-state index in [9.17, 15) is 0 Å². The zero-order chi connectivity index (χ0) is 14.5. The van der Waals surface area contributed by atoms with Gasteiger partial charge in [-0.05, 0) is 49.6 Å². The number of nitrogens with zero attached hydrogens (tertiary/aromatic N) is 2. The largest absolute Gasteiger partial charge is 0.312 e. The summed E-state index contributed by atoms with van der Waals surface area (Å²) < 4.78 is 1.01. The van der Waals surface area contributed by atoms with Crippen molar-refractivity contribution in [1.29, 1.82) is 0 Å². The predicted molar refractivity (Wildman–Crippen MR) is 86.5 cm³/mol. The first-order valence-corrected chi connectivity index (χ1v) is 8.46. The lowest BCUT2D eigenvalue weighted by molar-refractivity contribution is 0.551. The van der Waals surface area contributed by atoms with Crippen LogP contribution < -0.4 is 5.32 Å². The SMILES string of the molecule is Cc1nnc(Sc2ccc(CNCC(C)C)c(C)c2)s1. The third-order valence-electron chi connectivity index (χ3n) is 2.89. The fourth-order valence-corrected chi connectivity index (χ4v) is 3.73. The second kappa shape index (κ2) is 7.20. The van der Waals surface area contributed by atoms with Gasteiger partial charge in [0.15, 0.2) is 4.34 Å². The van der Waals surface area contributed by atoms with Crippen LogP contribution in [0, 0.1) is 19.8 Å². The Bertz CT molecular complexity index is 564. The normalized spacial score (nSPS) is 11.2. The van der Waals surface area contributed by atoms with Gasteiger partial charge in [-0.15, -0.1) is 10.2 Å². The van der Waals surface area contributed by atoms with Crippen molar-refractivity contribution in [3.8, 4) is 0 Å². The van der Waals surface area contributed by atoms with Gasteiger partial charge in [-0.3, -0.25) is 0 Å². The Morgan fingerprint density at radius 2 is 2.05 bits per heavy atom. The zero-order valence-corrected chi connectivity index (χ0v) is 14.1. The minimum absolute atomic E-state index is 0.686. The molecule has 0 fully saturated rings. The summed E-state index contributed by atoms with van der Waals surface area (Å²) in [4.78, 5) is 1.23. The first-order chi connectivity index (χ1) is 9.54. The second-order valence-electron chi connectivity index (χ2n) is 5.30. The Kier molecular flexibility index (Phi) is 5.57. The van der Waals surface area contributed by atoms with Crippen LogP contribution in [0.25, 0.3) is 0 Å². The van der Waals surface area contributed by atoms with Crippen molar-refractivity contribution in [2.75, 3.05) is 6.54 Å². The van der Waals surface area contributed by atoms with E-state index in [2.05, 4.69) is 54.5 Å². The van der Waals surface area contributed by atoms with Crippen LogP contribution in [0.4, 0.5) is 0 Å². The van der Waals surface area contributed by atoms with Gasteiger partial charge in [-0.1, -0.05) is 43.0 Å². The van der Waals surface area contributed by atoms with Crippen LogP contribution in [0.5, 0.6) is 0 Å². The highest BCUT2D eigenvalue weighted by molar-refractivity contribution is 8.01. The smallest absolute Gasteiger partial charge is 0.179 e. The molecule has 0 saturated heterocycles. The number of aromatic nitrogens is 2. The van der Waals surface area contributed by atoms with E-state index in [1.165, 1.54) is 16.0 Å². The first kappa shape index (κ1) is 15.5. The summed E-state index contributed by atoms with van der Waals surface area (Å²) >= 11 is 3.32. The van der Waals surface area contributed by atoms with Crippen LogP contribution in [0.1, 0.15) is 30.0 Å². The van der Waals surface area contributed by atoms with Crippen LogP contribution in [-0.2, 0) is 6.54 Å². The topological polar surface area (TPSA) is 37.8 Å². The molecule has 0 unspecified atom stereocenters. The van der Waals surface area contributed by atoms with E-state index in [0.29, 0.717) is 5.92 Å². The molecule has 3 nitrogen and oxygen atoms in total. The van der Waals surface area contributed by atoms with Gasteiger partial charge >= 0.3 is 0 Å². The molecule has 5 heteroatoms. The molecule has 20 heavy (non-hydrogen) atoms. The van der Waals surface area contributed by atoms with Crippen LogP contribution in [0.15, 0.2) is 27.4 Å². The summed E-state index contributed by atoms with van der Waals surface area (Å²) in [6.45, 7) is 10.6. The number of hydrogen-bond donors (Lipinski definition) is 1. The molecule has 108 valence electrons. The summed E-state index contributed by atoms with van der Waals surface area (Å²) in [5, 5.41) is 12.7. The lowest BCUT2D eigenvalue weighted by Gasteiger charge is -2.10. The third-order valence-corrected chi connectivity index (χ3v) is 4.77. The molecule has 2 rings (SSSR count). The van der Waals surface area contributed by atoms with E-state index in [-0.39, 0.29) is 0 Å². The number of nitrogens with one attached hydrogen (secondary N) is 1. The van der Waals surface area contributed by atoms with E-state index < -0.39 is 0 Å². The van der Waals surface area contributed by atoms with Crippen molar-refractivity contribution < 1.29 is 0 Å². The molecule has 0 aliphatic heterocycles. The minimum atomic E-state index is 0.686. The summed E-state index contributed by atoms with van der Waals surface area (Å²) in [7, 11) is 0. The Morgan fingerprint density at radius 1 is 1.25 bits per heavy atom. The Hall–Kier alpha value is -0.910. The Balaban J connectivity index is 1.98. The molecule has 1 aromatic heterocycles. The standard InChI is InChI=1S/C15H21N3S2/c1-10(2)8-16-9-13-5-6-14(7-11(13)3)20-15-18-17-12(4)19-15/h5-7,10,16H,8-9H2,1-4H3. The van der Waals surface area contributed by atoms with Gasteiger partial charge in [-0.2, -0.15) is 0 Å². The maximum absolute atomic E-state index is 4.15. The molecule has 2 aromatic rings. The van der Waals surface area contributed by atoms with Crippen LogP contribution in [0.2, 0.25) is 0 Å². The number of rotatable bonds is 6. The second-order valence-corrected chi connectivity index (χ2v) is 7.80. The van der Waals surface area contributed by atoms with Gasteiger partial charge in [0.1, 0.15) is 5.01 Å². The molecule has 0 aliphatic rings. The monoisotopic (exact) mass is 307 g/mol. The van der Waals surface area contributed by atoms with Gasteiger partial charge in [0.2, 0.25) is 0 Å². The van der Waals surface area contributed by atoms with E-state index in [1.54, 1.807) is 23.1 Å². The maximum atomic E-state index is 4.15. The lowest BCUT2D eigenvalue weighted by atomic mass is 10.1. The van der Waals surface area contributed by atoms with Crippen molar-refractivity contribution in [1.82, 2.24) is 15.5 Å². The summed E-state index contributed by atoms with van der Waals surface area (Å²) in [6.07, 6.45) is 0. The van der Waals surface area contributed by atoms with Crippen molar-refractivity contribution in [2.24, 2.45) is 5.92 Å². The number of hydrogen-bond acceptors (Lipinski definition) is 5. The van der Waals surface area contributed by atoms with E-state index in [1.807, 2.05) is 6.92 Å². The quantitative estimate of drug-likeness (QED) is 0.873. The first-order valence-electron chi connectivity index (χ1n) is 6.83. The summed E-state index contributed by atoms with van der Waals surface area (Å²) in [5.74, 6) is 0.686. The van der Waals surface area contributed by atoms with Crippen LogP contribution in [-0.4, -0.2) is 16.7 Å². The van der Waals surface area contributed by atoms with Crippen molar-refractivity contribution >= 4 is 23.1 Å². The number of benzene rings is 1. The zero-order valence-electron chi connectivity index (χ0n) is 12.4. The fraction of sp³-hybridized carbons (Fsp3) is 0.467. The third kappa shape index (κ3) is 4.58. The highest BCUT2D eigenvalue weighted by Gasteiger charge is 2.05. The molecule has 1 aromatic carbocycles. The van der Waals surface area contributed by atoms with E-state index >= 15 is 0 Å². The molecular formula is C15H21N3S2. The molecule has 0 saturated carbocycles. The Labute approximate surface area is 129 Å². The van der Waals surface area contributed by atoms with Gasteiger partial charge in [0.05, 0.1) is 0 Å². The number of aryl methyl sites for hydroxylation is 2. The molecule has 0 radical (unpaired) electrons. The average Bonchev–Trinajstić information content (AvgIpc) is 2.77. The fourth-order valence-electron chi connectivity index (χ4n) is 1.85. The highest BCUT2D eigenvalue weighted by Crippen LogP contribution is 2.31. The van der Waals surface area contributed by atoms with Gasteiger partial charge in [0.25, 0.3) is 0 Å². The van der Waals surface area contributed by atoms with Crippen molar-refractivity contribution in [2.45, 2.75) is 43.5 Å².